The molecular formula is C12H19N3O. The lowest BCUT2D eigenvalue weighted by Crippen LogP contribution is -2.39. The molecule has 4 nitrogen and oxygen atoms in total. The Balaban J connectivity index is 2.10. The van der Waals surface area contributed by atoms with E-state index >= 15 is 0 Å². The Kier molecular flexibility index (Phi) is 3.39. The molecule has 0 spiro atoms. The van der Waals surface area contributed by atoms with Gasteiger partial charge in [-0.1, -0.05) is 13.8 Å². The van der Waals surface area contributed by atoms with Crippen molar-refractivity contribution in [3.8, 4) is 0 Å². The second kappa shape index (κ2) is 4.78. The minimum atomic E-state index is -0.0416. The van der Waals surface area contributed by atoms with E-state index in [1.807, 2.05) is 12.1 Å². The maximum Gasteiger partial charge on any atom is 0.151 e. The van der Waals surface area contributed by atoms with Crippen molar-refractivity contribution >= 4 is 5.82 Å². The summed E-state index contributed by atoms with van der Waals surface area (Å²) in [5.41, 5.74) is 0.627. The third kappa shape index (κ3) is 2.50. The fraction of sp³-hybridized carbons (Fsp3) is 0.667. The van der Waals surface area contributed by atoms with Crippen LogP contribution in [0.25, 0.3) is 0 Å². The van der Waals surface area contributed by atoms with Crippen LogP contribution in [0.1, 0.15) is 26.0 Å². The van der Waals surface area contributed by atoms with E-state index in [9.17, 15) is 0 Å². The number of aliphatic hydroxyl groups is 1. The van der Waals surface area contributed by atoms with Gasteiger partial charge in [0.2, 0.25) is 0 Å². The van der Waals surface area contributed by atoms with E-state index in [1.54, 1.807) is 0 Å². The van der Waals surface area contributed by atoms with Gasteiger partial charge < -0.3 is 10.0 Å². The van der Waals surface area contributed by atoms with Crippen molar-refractivity contribution in [2.24, 2.45) is 11.8 Å². The van der Waals surface area contributed by atoms with Crippen LogP contribution in [-0.2, 0) is 6.61 Å². The highest BCUT2D eigenvalue weighted by molar-refractivity contribution is 5.38. The maximum atomic E-state index is 8.91. The summed E-state index contributed by atoms with van der Waals surface area (Å²) in [6, 6.07) is 3.79. The summed E-state index contributed by atoms with van der Waals surface area (Å²) >= 11 is 0. The zero-order valence-electron chi connectivity index (χ0n) is 9.93. The van der Waals surface area contributed by atoms with E-state index in [2.05, 4.69) is 28.9 Å². The van der Waals surface area contributed by atoms with Crippen LogP contribution < -0.4 is 4.90 Å². The van der Waals surface area contributed by atoms with E-state index in [4.69, 9.17) is 5.11 Å². The van der Waals surface area contributed by atoms with Gasteiger partial charge in [-0.15, -0.1) is 5.10 Å². The molecule has 0 bridgehead atoms. The predicted molar refractivity (Wildman–Crippen MR) is 63.1 cm³/mol. The van der Waals surface area contributed by atoms with Crippen LogP contribution in [0, 0.1) is 11.8 Å². The molecule has 0 amide bonds. The largest absolute Gasteiger partial charge is 0.390 e. The van der Waals surface area contributed by atoms with Crippen LogP contribution in [0.2, 0.25) is 0 Å². The van der Waals surface area contributed by atoms with Gasteiger partial charge in [-0.3, -0.25) is 0 Å². The van der Waals surface area contributed by atoms with Crippen LogP contribution in [0.5, 0.6) is 0 Å². The fourth-order valence-corrected chi connectivity index (χ4v) is 2.46. The van der Waals surface area contributed by atoms with Gasteiger partial charge in [0.25, 0.3) is 0 Å². The van der Waals surface area contributed by atoms with E-state index in [1.165, 1.54) is 6.42 Å². The van der Waals surface area contributed by atoms with Crippen molar-refractivity contribution in [3.05, 3.63) is 17.8 Å². The third-order valence-electron chi connectivity index (χ3n) is 3.06. The number of aliphatic hydroxyl groups excluding tert-OH is 1. The number of aromatic nitrogens is 2. The second-order valence-corrected chi connectivity index (χ2v) is 4.89. The second-order valence-electron chi connectivity index (χ2n) is 4.89. The first kappa shape index (κ1) is 11.3. The van der Waals surface area contributed by atoms with Crippen molar-refractivity contribution in [2.75, 3.05) is 18.0 Å². The summed E-state index contributed by atoms with van der Waals surface area (Å²) in [4.78, 5) is 2.28. The Morgan fingerprint density at radius 3 is 2.44 bits per heavy atom. The van der Waals surface area contributed by atoms with Crippen LogP contribution in [0.15, 0.2) is 12.1 Å². The van der Waals surface area contributed by atoms with E-state index < -0.39 is 0 Å². The average Bonchev–Trinajstić information content (AvgIpc) is 2.28. The van der Waals surface area contributed by atoms with Crippen molar-refractivity contribution in [1.82, 2.24) is 10.2 Å². The molecule has 88 valence electrons. The van der Waals surface area contributed by atoms with Gasteiger partial charge >= 0.3 is 0 Å². The predicted octanol–water partition coefficient (Wildman–Crippen LogP) is 1.45. The highest BCUT2D eigenvalue weighted by Crippen LogP contribution is 2.24. The molecule has 16 heavy (non-hydrogen) atoms. The Hall–Kier alpha value is -1.16. The van der Waals surface area contributed by atoms with Gasteiger partial charge in [-0.05, 0) is 30.4 Å². The summed E-state index contributed by atoms with van der Waals surface area (Å²) in [6.07, 6.45) is 1.29. The lowest BCUT2D eigenvalue weighted by molar-refractivity contribution is 0.275. The summed E-state index contributed by atoms with van der Waals surface area (Å²) in [5, 5.41) is 17.0. The maximum absolute atomic E-state index is 8.91. The number of hydrogen-bond donors (Lipinski definition) is 1. The van der Waals surface area contributed by atoms with E-state index in [0.29, 0.717) is 17.5 Å². The molecular weight excluding hydrogens is 202 g/mol. The first-order valence-electron chi connectivity index (χ1n) is 5.87. The van der Waals surface area contributed by atoms with Gasteiger partial charge in [0.05, 0.1) is 12.3 Å². The van der Waals surface area contributed by atoms with Crippen LogP contribution in [0.3, 0.4) is 0 Å². The van der Waals surface area contributed by atoms with Crippen LogP contribution in [0.4, 0.5) is 5.82 Å². The fourth-order valence-electron chi connectivity index (χ4n) is 2.46. The Labute approximate surface area is 96.3 Å². The lowest BCUT2D eigenvalue weighted by Gasteiger charge is -2.35. The van der Waals surface area contributed by atoms with Gasteiger partial charge in [-0.25, -0.2) is 0 Å². The summed E-state index contributed by atoms with van der Waals surface area (Å²) in [6.45, 7) is 6.62. The highest BCUT2D eigenvalue weighted by atomic mass is 16.3. The summed E-state index contributed by atoms with van der Waals surface area (Å²) in [7, 11) is 0. The van der Waals surface area contributed by atoms with E-state index in [0.717, 1.165) is 18.9 Å². The minimum absolute atomic E-state index is 0.0416. The standard InChI is InChI=1S/C12H19N3O/c1-9-5-10(2)7-15(6-9)12-4-3-11(8-16)13-14-12/h3-4,9-10,16H,5-8H2,1-2H3. The Morgan fingerprint density at radius 1 is 1.25 bits per heavy atom. The highest BCUT2D eigenvalue weighted by Gasteiger charge is 2.22. The first-order chi connectivity index (χ1) is 7.69. The van der Waals surface area contributed by atoms with Crippen LogP contribution in [-0.4, -0.2) is 28.4 Å². The summed E-state index contributed by atoms with van der Waals surface area (Å²) < 4.78 is 0. The molecule has 1 aromatic rings. The molecule has 0 saturated carbocycles. The van der Waals surface area contributed by atoms with Crippen molar-refractivity contribution < 1.29 is 5.11 Å². The van der Waals surface area contributed by atoms with Crippen molar-refractivity contribution in [2.45, 2.75) is 26.9 Å². The molecule has 1 N–H and O–H groups in total. The number of rotatable bonds is 2. The van der Waals surface area contributed by atoms with Gasteiger partial charge in [0.15, 0.2) is 5.82 Å². The van der Waals surface area contributed by atoms with Crippen molar-refractivity contribution in [3.63, 3.8) is 0 Å². The first-order valence-corrected chi connectivity index (χ1v) is 5.87. The van der Waals surface area contributed by atoms with E-state index in [-0.39, 0.29) is 6.61 Å². The van der Waals surface area contributed by atoms with Crippen LogP contribution >= 0.6 is 0 Å². The number of nitrogens with zero attached hydrogens (tertiary/aromatic N) is 3. The molecule has 1 fully saturated rings. The number of anilines is 1. The molecule has 4 heteroatoms. The van der Waals surface area contributed by atoms with Gasteiger partial charge in [0.1, 0.15) is 0 Å². The molecule has 1 aliphatic heterocycles. The molecule has 0 aliphatic carbocycles. The number of piperidine rings is 1. The molecule has 0 aromatic carbocycles. The van der Waals surface area contributed by atoms with Crippen molar-refractivity contribution in [1.29, 1.82) is 0 Å². The number of hydrogen-bond acceptors (Lipinski definition) is 4. The minimum Gasteiger partial charge on any atom is -0.390 e. The smallest absolute Gasteiger partial charge is 0.151 e. The Bertz CT molecular complexity index is 329. The molecule has 0 radical (unpaired) electrons. The SMILES string of the molecule is CC1CC(C)CN(c2ccc(CO)nn2)C1. The zero-order valence-corrected chi connectivity index (χ0v) is 9.93. The molecule has 2 unspecified atom stereocenters. The topological polar surface area (TPSA) is 49.2 Å². The zero-order chi connectivity index (χ0) is 11.5. The normalized spacial score (nSPS) is 25.8. The molecule has 1 saturated heterocycles. The monoisotopic (exact) mass is 221 g/mol. The summed E-state index contributed by atoms with van der Waals surface area (Å²) in [5.74, 6) is 2.35. The lowest BCUT2D eigenvalue weighted by atomic mass is 9.92. The molecule has 1 aromatic heterocycles. The third-order valence-corrected chi connectivity index (χ3v) is 3.06. The molecule has 2 atom stereocenters. The van der Waals surface area contributed by atoms with Gasteiger partial charge in [-0.2, -0.15) is 5.10 Å². The Morgan fingerprint density at radius 2 is 1.94 bits per heavy atom. The molecule has 2 heterocycles. The van der Waals surface area contributed by atoms with Gasteiger partial charge in [0, 0.05) is 13.1 Å². The quantitative estimate of drug-likeness (QED) is 0.821. The average molecular weight is 221 g/mol. The molecule has 1 aliphatic rings. The molecule has 2 rings (SSSR count).